The fraction of sp³-hybridized carbons (Fsp3) is 0.412. The first-order valence-electron chi connectivity index (χ1n) is 7.88. The molecular weight excluding hydrogens is 308 g/mol. The number of hydrogen-bond donors (Lipinski definition) is 3. The third kappa shape index (κ3) is 4.26. The Hall–Kier alpha value is -2.54. The zero-order valence-electron chi connectivity index (χ0n) is 14.2. The van der Waals surface area contributed by atoms with Gasteiger partial charge < -0.3 is 25.0 Å². The number of nitrogens with zero attached hydrogens (tertiary/aromatic N) is 2. The molecule has 0 unspecified atom stereocenters. The number of hydrogen-bond acceptors (Lipinski definition) is 4. The second kappa shape index (κ2) is 8.35. The van der Waals surface area contributed by atoms with E-state index in [1.165, 1.54) is 0 Å². The molecule has 24 heavy (non-hydrogen) atoms. The van der Waals surface area contributed by atoms with Crippen LogP contribution in [-0.4, -0.2) is 40.4 Å². The highest BCUT2D eigenvalue weighted by molar-refractivity contribution is 5.75. The first kappa shape index (κ1) is 17.8. The zero-order chi connectivity index (χ0) is 17.5. The highest BCUT2D eigenvalue weighted by atomic mass is 16.5. The molecule has 2 rings (SSSR count). The highest BCUT2D eigenvalue weighted by Gasteiger charge is 2.21. The van der Waals surface area contributed by atoms with Crippen molar-refractivity contribution in [1.82, 2.24) is 20.2 Å². The van der Waals surface area contributed by atoms with Gasteiger partial charge in [-0.05, 0) is 24.1 Å². The third-order valence-electron chi connectivity index (χ3n) is 3.89. The molecule has 0 radical (unpaired) electrons. The number of imidazole rings is 1. The molecular formula is C17H24N4O3. The van der Waals surface area contributed by atoms with E-state index in [0.717, 1.165) is 11.3 Å². The summed E-state index contributed by atoms with van der Waals surface area (Å²) >= 11 is 0. The first-order chi connectivity index (χ1) is 11.6. The van der Waals surface area contributed by atoms with E-state index in [1.807, 2.05) is 49.0 Å². The molecule has 0 aliphatic heterocycles. The molecule has 1 aromatic carbocycles. The van der Waals surface area contributed by atoms with Gasteiger partial charge in [0.2, 0.25) is 0 Å². The number of carbonyl (C=O) groups excluding carboxylic acids is 1. The topological polar surface area (TPSA) is 88.4 Å². The minimum absolute atomic E-state index is 0.0977. The van der Waals surface area contributed by atoms with Gasteiger partial charge in [-0.25, -0.2) is 9.78 Å². The maximum Gasteiger partial charge on any atom is 0.315 e. The van der Waals surface area contributed by atoms with Crippen LogP contribution in [0.5, 0.6) is 5.75 Å². The number of aliphatic hydroxyl groups excluding tert-OH is 1. The number of rotatable bonds is 7. The summed E-state index contributed by atoms with van der Waals surface area (Å²) in [5.41, 5.74) is 0.886. The normalized spacial score (nSPS) is 13.2. The number of aromatic nitrogens is 2. The number of aryl methyl sites for hydroxylation is 1. The summed E-state index contributed by atoms with van der Waals surface area (Å²) in [4.78, 5) is 16.6. The number of aliphatic hydroxyl groups is 1. The van der Waals surface area contributed by atoms with Crippen LogP contribution in [0.3, 0.4) is 0 Å². The second-order valence-corrected chi connectivity index (χ2v) is 5.51. The maximum atomic E-state index is 12.3. The number of nitrogens with one attached hydrogen (secondary N) is 2. The first-order valence-corrected chi connectivity index (χ1v) is 7.88. The van der Waals surface area contributed by atoms with Crippen molar-refractivity contribution in [3.8, 4) is 5.75 Å². The summed E-state index contributed by atoms with van der Waals surface area (Å²) in [6, 6.07) is 6.43. The maximum absolute atomic E-state index is 12.3. The average Bonchev–Trinajstić information content (AvgIpc) is 3.03. The van der Waals surface area contributed by atoms with Crippen LogP contribution < -0.4 is 15.4 Å². The molecule has 0 aliphatic carbocycles. The van der Waals surface area contributed by atoms with Crippen molar-refractivity contribution in [1.29, 1.82) is 0 Å². The lowest BCUT2D eigenvalue weighted by molar-refractivity contribution is 0.212. The summed E-state index contributed by atoms with van der Waals surface area (Å²) < 4.78 is 7.04. The van der Waals surface area contributed by atoms with Crippen molar-refractivity contribution < 1.29 is 14.6 Å². The van der Waals surface area contributed by atoms with Crippen LogP contribution in [0.4, 0.5) is 4.79 Å². The summed E-state index contributed by atoms with van der Waals surface area (Å²) in [7, 11) is 3.48. The quantitative estimate of drug-likeness (QED) is 0.718. The molecule has 130 valence electrons. The Morgan fingerprint density at radius 3 is 2.54 bits per heavy atom. The number of benzene rings is 1. The average molecular weight is 332 g/mol. The second-order valence-electron chi connectivity index (χ2n) is 5.51. The Morgan fingerprint density at radius 1 is 1.33 bits per heavy atom. The van der Waals surface area contributed by atoms with E-state index >= 15 is 0 Å². The van der Waals surface area contributed by atoms with E-state index in [4.69, 9.17) is 4.74 Å². The fourth-order valence-corrected chi connectivity index (χ4v) is 2.38. The van der Waals surface area contributed by atoms with Crippen molar-refractivity contribution >= 4 is 6.03 Å². The van der Waals surface area contributed by atoms with Gasteiger partial charge in [-0.3, -0.25) is 0 Å². The fourth-order valence-electron chi connectivity index (χ4n) is 2.38. The number of amides is 2. The molecule has 2 atom stereocenters. The van der Waals surface area contributed by atoms with Gasteiger partial charge in [0.05, 0.1) is 19.8 Å². The molecule has 0 saturated carbocycles. The van der Waals surface area contributed by atoms with Crippen LogP contribution in [0, 0.1) is 0 Å². The van der Waals surface area contributed by atoms with Crippen molar-refractivity contribution in [2.45, 2.75) is 25.4 Å². The number of carbonyl (C=O) groups is 1. The van der Waals surface area contributed by atoms with Crippen molar-refractivity contribution in [2.75, 3.05) is 13.7 Å². The van der Waals surface area contributed by atoms with Crippen LogP contribution in [0.1, 0.15) is 30.8 Å². The van der Waals surface area contributed by atoms with Gasteiger partial charge in [0.1, 0.15) is 17.6 Å². The van der Waals surface area contributed by atoms with Gasteiger partial charge >= 0.3 is 6.03 Å². The molecule has 7 heteroatoms. The molecule has 0 saturated heterocycles. The van der Waals surface area contributed by atoms with Crippen LogP contribution in [0.25, 0.3) is 0 Å². The Balaban J connectivity index is 2.23. The molecule has 0 spiro atoms. The summed E-state index contributed by atoms with van der Waals surface area (Å²) in [5, 5.41) is 14.9. The van der Waals surface area contributed by atoms with Gasteiger partial charge in [-0.15, -0.1) is 0 Å². The van der Waals surface area contributed by atoms with Crippen LogP contribution in [0.2, 0.25) is 0 Å². The molecule has 7 nitrogen and oxygen atoms in total. The molecule has 3 N–H and O–H groups in total. The standard InChI is InChI=1S/C17H24N4O3/c1-4-13(11-22)19-17(23)20-15(16-18-9-10-21(16)2)12-5-7-14(24-3)8-6-12/h5-10,13,15,22H,4,11H2,1-3H3,(H2,19,20,23)/t13-,15-/m1/s1. The van der Waals surface area contributed by atoms with Crippen LogP contribution in [0.15, 0.2) is 36.7 Å². The van der Waals surface area contributed by atoms with Crippen LogP contribution in [-0.2, 0) is 7.05 Å². The van der Waals surface area contributed by atoms with E-state index in [2.05, 4.69) is 15.6 Å². The van der Waals surface area contributed by atoms with Crippen molar-refractivity contribution in [3.63, 3.8) is 0 Å². The lowest BCUT2D eigenvalue weighted by Gasteiger charge is -2.22. The van der Waals surface area contributed by atoms with E-state index in [1.54, 1.807) is 13.3 Å². The highest BCUT2D eigenvalue weighted by Crippen LogP contribution is 2.22. The van der Waals surface area contributed by atoms with Crippen molar-refractivity contribution in [3.05, 3.63) is 48.0 Å². The predicted molar refractivity (Wildman–Crippen MR) is 90.9 cm³/mol. The molecule has 1 heterocycles. The van der Waals surface area contributed by atoms with Gasteiger partial charge in [-0.1, -0.05) is 19.1 Å². The molecule has 2 amide bonds. The third-order valence-corrected chi connectivity index (χ3v) is 3.89. The van der Waals surface area contributed by atoms with Crippen molar-refractivity contribution in [2.24, 2.45) is 7.05 Å². The number of methoxy groups -OCH3 is 1. The van der Waals surface area contributed by atoms with Crippen LogP contribution >= 0.6 is 0 Å². The lowest BCUT2D eigenvalue weighted by Crippen LogP contribution is -2.45. The Labute approximate surface area is 141 Å². The van der Waals surface area contributed by atoms with E-state index < -0.39 is 6.04 Å². The number of ether oxygens (including phenoxy) is 1. The molecule has 0 aliphatic rings. The van der Waals surface area contributed by atoms with Gasteiger partial charge in [-0.2, -0.15) is 0 Å². The minimum Gasteiger partial charge on any atom is -0.497 e. The lowest BCUT2D eigenvalue weighted by atomic mass is 10.1. The predicted octanol–water partition coefficient (Wildman–Crippen LogP) is 1.59. The largest absolute Gasteiger partial charge is 0.497 e. The molecule has 1 aromatic heterocycles. The summed E-state index contributed by atoms with van der Waals surface area (Å²) in [5.74, 6) is 1.46. The van der Waals surface area contributed by atoms with Gasteiger partial charge in [0.15, 0.2) is 0 Å². The van der Waals surface area contributed by atoms with E-state index in [0.29, 0.717) is 12.2 Å². The summed E-state index contributed by atoms with van der Waals surface area (Å²) in [6.45, 7) is 1.81. The summed E-state index contributed by atoms with van der Waals surface area (Å²) in [6.07, 6.45) is 4.17. The Morgan fingerprint density at radius 2 is 2.04 bits per heavy atom. The number of urea groups is 1. The monoisotopic (exact) mass is 332 g/mol. The molecule has 0 fully saturated rings. The van der Waals surface area contributed by atoms with Gasteiger partial charge in [0.25, 0.3) is 0 Å². The zero-order valence-corrected chi connectivity index (χ0v) is 14.2. The SMILES string of the molecule is CC[C@H](CO)NC(=O)N[C@H](c1ccc(OC)cc1)c1nccn1C. The molecule has 2 aromatic rings. The van der Waals surface area contributed by atoms with E-state index in [9.17, 15) is 9.90 Å². The smallest absolute Gasteiger partial charge is 0.315 e. The van der Waals surface area contributed by atoms with E-state index in [-0.39, 0.29) is 18.7 Å². The minimum atomic E-state index is -0.410. The molecule has 0 bridgehead atoms. The Kier molecular flexibility index (Phi) is 6.20. The van der Waals surface area contributed by atoms with Gasteiger partial charge in [0, 0.05) is 19.4 Å². The Bertz CT molecular complexity index is 650.